The van der Waals surface area contributed by atoms with Crippen LogP contribution in [-0.2, 0) is 6.54 Å². The Kier molecular flexibility index (Phi) is 4.65. The van der Waals surface area contributed by atoms with Gasteiger partial charge in [0.2, 0.25) is 5.95 Å². The van der Waals surface area contributed by atoms with Crippen LogP contribution in [0.3, 0.4) is 0 Å². The van der Waals surface area contributed by atoms with Gasteiger partial charge in [-0.25, -0.2) is 13.8 Å². The van der Waals surface area contributed by atoms with Crippen LogP contribution in [0.5, 0.6) is 0 Å². The summed E-state index contributed by atoms with van der Waals surface area (Å²) in [4.78, 5) is 8.38. The van der Waals surface area contributed by atoms with Gasteiger partial charge in [0.15, 0.2) is 11.6 Å². The van der Waals surface area contributed by atoms with Gasteiger partial charge in [-0.1, -0.05) is 29.8 Å². The molecular formula is C18H16F2N4. The van der Waals surface area contributed by atoms with Gasteiger partial charge in [0.25, 0.3) is 0 Å². The van der Waals surface area contributed by atoms with Crippen LogP contribution >= 0.6 is 0 Å². The average Bonchev–Trinajstić information content (AvgIpc) is 2.58. The molecule has 122 valence electrons. The second-order valence-electron chi connectivity index (χ2n) is 5.36. The standard InChI is InChI=1S/C18H16F2N4/c1-12-2-4-13(5-3-12)11-22-17-8-9-21-18(24-17)23-14-6-7-15(19)16(20)10-14/h2-10H,11H2,1H3,(H2,21,22,23,24). The summed E-state index contributed by atoms with van der Waals surface area (Å²) in [7, 11) is 0. The highest BCUT2D eigenvalue weighted by Gasteiger charge is 2.05. The van der Waals surface area contributed by atoms with Gasteiger partial charge in [-0.15, -0.1) is 0 Å². The summed E-state index contributed by atoms with van der Waals surface area (Å²) in [6, 6.07) is 13.5. The van der Waals surface area contributed by atoms with E-state index in [1.807, 2.05) is 31.2 Å². The van der Waals surface area contributed by atoms with E-state index < -0.39 is 11.6 Å². The van der Waals surface area contributed by atoms with Crippen LogP contribution in [0.1, 0.15) is 11.1 Å². The summed E-state index contributed by atoms with van der Waals surface area (Å²) in [6.07, 6.45) is 1.59. The number of nitrogens with zero attached hydrogens (tertiary/aromatic N) is 2. The summed E-state index contributed by atoms with van der Waals surface area (Å²) < 4.78 is 26.2. The van der Waals surface area contributed by atoms with Gasteiger partial charge in [0.1, 0.15) is 5.82 Å². The molecule has 0 aliphatic rings. The summed E-state index contributed by atoms with van der Waals surface area (Å²) in [6.45, 7) is 2.67. The second-order valence-corrected chi connectivity index (χ2v) is 5.36. The maximum Gasteiger partial charge on any atom is 0.229 e. The molecule has 0 saturated carbocycles. The topological polar surface area (TPSA) is 49.8 Å². The lowest BCUT2D eigenvalue weighted by atomic mass is 10.1. The lowest BCUT2D eigenvalue weighted by molar-refractivity contribution is 0.509. The number of aryl methyl sites for hydroxylation is 1. The zero-order valence-corrected chi connectivity index (χ0v) is 13.1. The first-order valence-electron chi connectivity index (χ1n) is 7.45. The number of aromatic nitrogens is 2. The van der Waals surface area contributed by atoms with Crippen molar-refractivity contribution in [2.75, 3.05) is 10.6 Å². The van der Waals surface area contributed by atoms with Crippen molar-refractivity contribution < 1.29 is 8.78 Å². The van der Waals surface area contributed by atoms with Gasteiger partial charge in [0.05, 0.1) is 0 Å². The molecule has 0 amide bonds. The van der Waals surface area contributed by atoms with Crippen molar-refractivity contribution in [1.29, 1.82) is 0 Å². The SMILES string of the molecule is Cc1ccc(CNc2ccnc(Nc3ccc(F)c(F)c3)n2)cc1. The van der Waals surface area contributed by atoms with Crippen LogP contribution in [0.2, 0.25) is 0 Å². The second kappa shape index (κ2) is 7.04. The number of hydrogen-bond acceptors (Lipinski definition) is 4. The van der Waals surface area contributed by atoms with Crippen molar-refractivity contribution >= 4 is 17.5 Å². The van der Waals surface area contributed by atoms with Crippen molar-refractivity contribution in [3.8, 4) is 0 Å². The summed E-state index contributed by atoms with van der Waals surface area (Å²) >= 11 is 0. The Bertz CT molecular complexity index is 835. The molecule has 1 heterocycles. The van der Waals surface area contributed by atoms with Crippen molar-refractivity contribution in [3.63, 3.8) is 0 Å². The van der Waals surface area contributed by atoms with Gasteiger partial charge in [-0.3, -0.25) is 0 Å². The summed E-state index contributed by atoms with van der Waals surface area (Å²) in [5.41, 5.74) is 2.72. The van der Waals surface area contributed by atoms with E-state index in [0.29, 0.717) is 24.0 Å². The van der Waals surface area contributed by atoms with Crippen LogP contribution in [0.25, 0.3) is 0 Å². The molecule has 0 aliphatic heterocycles. The molecule has 6 heteroatoms. The Labute approximate surface area is 138 Å². The Morgan fingerprint density at radius 2 is 1.75 bits per heavy atom. The van der Waals surface area contributed by atoms with E-state index >= 15 is 0 Å². The highest BCUT2D eigenvalue weighted by atomic mass is 19.2. The number of anilines is 3. The minimum Gasteiger partial charge on any atom is -0.366 e. The van der Waals surface area contributed by atoms with Crippen LogP contribution in [0.4, 0.5) is 26.2 Å². The normalized spacial score (nSPS) is 10.5. The fourth-order valence-corrected chi connectivity index (χ4v) is 2.12. The fourth-order valence-electron chi connectivity index (χ4n) is 2.12. The van der Waals surface area contributed by atoms with Gasteiger partial charge in [-0.05, 0) is 30.7 Å². The molecule has 3 aromatic rings. The first kappa shape index (κ1) is 15.9. The molecule has 4 nitrogen and oxygen atoms in total. The molecule has 0 aliphatic carbocycles. The highest BCUT2D eigenvalue weighted by Crippen LogP contribution is 2.17. The smallest absolute Gasteiger partial charge is 0.229 e. The van der Waals surface area contributed by atoms with Crippen molar-refractivity contribution in [3.05, 3.63) is 77.5 Å². The third-order valence-electron chi connectivity index (χ3n) is 3.43. The molecule has 2 aromatic carbocycles. The molecular weight excluding hydrogens is 310 g/mol. The van der Waals surface area contributed by atoms with Gasteiger partial charge < -0.3 is 10.6 Å². The molecule has 3 rings (SSSR count). The quantitative estimate of drug-likeness (QED) is 0.729. The largest absolute Gasteiger partial charge is 0.366 e. The van der Waals surface area contributed by atoms with E-state index in [4.69, 9.17) is 0 Å². The minimum absolute atomic E-state index is 0.301. The van der Waals surface area contributed by atoms with E-state index in [0.717, 1.165) is 17.7 Å². The van der Waals surface area contributed by atoms with E-state index in [1.54, 1.807) is 12.3 Å². The lowest BCUT2D eigenvalue weighted by Gasteiger charge is -2.09. The number of halogens is 2. The number of benzene rings is 2. The zero-order valence-electron chi connectivity index (χ0n) is 13.1. The van der Waals surface area contributed by atoms with Gasteiger partial charge in [0, 0.05) is 24.5 Å². The molecule has 1 aromatic heterocycles. The minimum atomic E-state index is -0.923. The first-order valence-corrected chi connectivity index (χ1v) is 7.45. The summed E-state index contributed by atoms with van der Waals surface area (Å²) in [5, 5.41) is 6.05. The first-order chi connectivity index (χ1) is 11.6. The molecule has 0 bridgehead atoms. The third-order valence-corrected chi connectivity index (χ3v) is 3.43. The Morgan fingerprint density at radius 1 is 0.958 bits per heavy atom. The van der Waals surface area contributed by atoms with Crippen molar-refractivity contribution in [2.45, 2.75) is 13.5 Å². The van der Waals surface area contributed by atoms with E-state index in [9.17, 15) is 8.78 Å². The van der Waals surface area contributed by atoms with E-state index in [1.165, 1.54) is 11.6 Å². The fraction of sp³-hybridized carbons (Fsp3) is 0.111. The van der Waals surface area contributed by atoms with E-state index in [2.05, 4.69) is 20.6 Å². The number of rotatable bonds is 5. The molecule has 0 unspecified atom stereocenters. The number of hydrogen-bond donors (Lipinski definition) is 2. The van der Waals surface area contributed by atoms with Gasteiger partial charge in [-0.2, -0.15) is 4.98 Å². The molecule has 24 heavy (non-hydrogen) atoms. The Morgan fingerprint density at radius 3 is 2.50 bits per heavy atom. The molecule has 0 fully saturated rings. The average molecular weight is 326 g/mol. The predicted octanol–water partition coefficient (Wildman–Crippen LogP) is 4.42. The molecule has 2 N–H and O–H groups in total. The highest BCUT2D eigenvalue weighted by molar-refractivity contribution is 5.54. The Balaban J connectivity index is 1.67. The molecule has 0 atom stereocenters. The monoisotopic (exact) mass is 326 g/mol. The zero-order chi connectivity index (χ0) is 16.9. The molecule has 0 saturated heterocycles. The van der Waals surface area contributed by atoms with Crippen LogP contribution in [0.15, 0.2) is 54.7 Å². The molecule has 0 radical (unpaired) electrons. The van der Waals surface area contributed by atoms with Crippen LogP contribution in [0, 0.1) is 18.6 Å². The van der Waals surface area contributed by atoms with E-state index in [-0.39, 0.29) is 0 Å². The number of nitrogens with one attached hydrogen (secondary N) is 2. The van der Waals surface area contributed by atoms with Crippen LogP contribution < -0.4 is 10.6 Å². The summed E-state index contributed by atoms with van der Waals surface area (Å²) in [5.74, 6) is -0.880. The predicted molar refractivity (Wildman–Crippen MR) is 90.2 cm³/mol. The Hall–Kier alpha value is -3.02. The maximum atomic E-state index is 13.2. The maximum absolute atomic E-state index is 13.2. The lowest BCUT2D eigenvalue weighted by Crippen LogP contribution is -2.04. The van der Waals surface area contributed by atoms with Crippen molar-refractivity contribution in [2.24, 2.45) is 0 Å². The third kappa shape index (κ3) is 4.04. The van der Waals surface area contributed by atoms with Gasteiger partial charge >= 0.3 is 0 Å². The van der Waals surface area contributed by atoms with Crippen LogP contribution in [-0.4, -0.2) is 9.97 Å². The molecule has 0 spiro atoms. The van der Waals surface area contributed by atoms with Crippen molar-refractivity contribution in [1.82, 2.24) is 9.97 Å².